The molecule has 3 rings (SSSR count). The van der Waals surface area contributed by atoms with Crippen LogP contribution < -0.4 is 5.32 Å². The van der Waals surface area contributed by atoms with E-state index in [2.05, 4.69) is 61.1 Å². The van der Waals surface area contributed by atoms with Crippen molar-refractivity contribution in [2.24, 2.45) is 5.41 Å². The number of fused-ring (bicyclic) bond motifs is 1. The molecule has 0 aromatic carbocycles. The average molecular weight is 248 g/mol. The molecule has 1 aromatic heterocycles. The van der Waals surface area contributed by atoms with E-state index in [1.165, 1.54) is 12.8 Å². The fraction of sp³-hybridized carbons (Fsp3) is 0.857. The van der Waals surface area contributed by atoms with Gasteiger partial charge in [-0.05, 0) is 39.2 Å². The standard InChI is InChI=1S/C14H24N4/c1-11(2,12(3,4)15-6)10-7-18(17-16-10)14-8-13(14,5)9-14/h7,15H,8-9H2,1-6H3. The molecule has 4 nitrogen and oxygen atoms in total. The van der Waals surface area contributed by atoms with Crippen LogP contribution in [0.15, 0.2) is 6.20 Å². The van der Waals surface area contributed by atoms with Crippen LogP contribution in [0.4, 0.5) is 0 Å². The summed E-state index contributed by atoms with van der Waals surface area (Å²) in [4.78, 5) is 0. The minimum Gasteiger partial charge on any atom is -0.314 e. The van der Waals surface area contributed by atoms with E-state index in [-0.39, 0.29) is 11.0 Å². The van der Waals surface area contributed by atoms with Gasteiger partial charge in [0, 0.05) is 17.2 Å². The molecule has 0 amide bonds. The number of hydrogen-bond donors (Lipinski definition) is 1. The molecular formula is C14H24N4. The summed E-state index contributed by atoms with van der Waals surface area (Å²) in [5, 5.41) is 12.2. The van der Waals surface area contributed by atoms with Crippen LogP contribution in [-0.2, 0) is 11.0 Å². The highest BCUT2D eigenvalue weighted by atomic mass is 15.5. The summed E-state index contributed by atoms with van der Waals surface area (Å²) in [5.74, 6) is 0. The third-order valence-electron chi connectivity index (χ3n) is 6.00. The summed E-state index contributed by atoms with van der Waals surface area (Å²) >= 11 is 0. The highest BCUT2D eigenvalue weighted by Gasteiger charge is 2.82. The Morgan fingerprint density at radius 2 is 1.83 bits per heavy atom. The topological polar surface area (TPSA) is 42.7 Å². The van der Waals surface area contributed by atoms with Gasteiger partial charge in [0.2, 0.25) is 0 Å². The van der Waals surface area contributed by atoms with E-state index in [1.807, 2.05) is 7.05 Å². The molecular weight excluding hydrogens is 224 g/mol. The number of rotatable bonds is 4. The maximum atomic E-state index is 4.44. The van der Waals surface area contributed by atoms with Crippen molar-refractivity contribution in [2.45, 2.75) is 64.0 Å². The van der Waals surface area contributed by atoms with Gasteiger partial charge in [-0.2, -0.15) is 0 Å². The van der Waals surface area contributed by atoms with Crippen molar-refractivity contribution >= 4 is 0 Å². The van der Waals surface area contributed by atoms with E-state index >= 15 is 0 Å². The Hall–Kier alpha value is -0.900. The molecule has 0 atom stereocenters. The summed E-state index contributed by atoms with van der Waals surface area (Å²) in [6, 6.07) is 0. The maximum absolute atomic E-state index is 4.44. The molecule has 1 N–H and O–H groups in total. The molecule has 0 radical (unpaired) electrons. The monoisotopic (exact) mass is 248 g/mol. The van der Waals surface area contributed by atoms with Gasteiger partial charge in [0.1, 0.15) is 0 Å². The van der Waals surface area contributed by atoms with Crippen LogP contribution in [0.3, 0.4) is 0 Å². The van der Waals surface area contributed by atoms with Crippen LogP contribution in [0.1, 0.15) is 53.2 Å². The molecule has 2 fully saturated rings. The summed E-state index contributed by atoms with van der Waals surface area (Å²) in [5.41, 5.74) is 1.88. The molecule has 0 bridgehead atoms. The SMILES string of the molecule is CNC(C)(C)C(C)(C)c1cn(C23CC2(C)C3)nn1. The predicted molar refractivity (Wildman–Crippen MR) is 71.5 cm³/mol. The zero-order valence-electron chi connectivity index (χ0n) is 12.3. The lowest BCUT2D eigenvalue weighted by molar-refractivity contribution is 0.249. The summed E-state index contributed by atoms with van der Waals surface area (Å²) < 4.78 is 2.12. The van der Waals surface area contributed by atoms with E-state index in [1.54, 1.807) is 0 Å². The van der Waals surface area contributed by atoms with Gasteiger partial charge < -0.3 is 5.32 Å². The van der Waals surface area contributed by atoms with Crippen molar-refractivity contribution in [2.75, 3.05) is 7.05 Å². The molecule has 2 saturated carbocycles. The van der Waals surface area contributed by atoms with Gasteiger partial charge in [-0.1, -0.05) is 26.0 Å². The van der Waals surface area contributed by atoms with Gasteiger partial charge in [0.15, 0.2) is 0 Å². The second kappa shape index (κ2) is 2.98. The van der Waals surface area contributed by atoms with Crippen LogP contribution in [-0.4, -0.2) is 27.6 Å². The Morgan fingerprint density at radius 1 is 1.28 bits per heavy atom. The minimum absolute atomic E-state index is 0.0120. The Kier molecular flexibility index (Phi) is 2.01. The molecule has 100 valence electrons. The number of hydrogen-bond acceptors (Lipinski definition) is 3. The van der Waals surface area contributed by atoms with Crippen LogP contribution in [0.2, 0.25) is 0 Å². The number of nitrogens with one attached hydrogen (secondary N) is 1. The van der Waals surface area contributed by atoms with Crippen LogP contribution in [0.5, 0.6) is 0 Å². The summed E-state index contributed by atoms with van der Waals surface area (Å²) in [6.45, 7) is 11.2. The van der Waals surface area contributed by atoms with Crippen molar-refractivity contribution in [3.05, 3.63) is 11.9 Å². The molecule has 0 spiro atoms. The zero-order chi connectivity index (χ0) is 13.4. The summed E-state index contributed by atoms with van der Waals surface area (Å²) in [6.07, 6.45) is 4.72. The zero-order valence-corrected chi connectivity index (χ0v) is 12.3. The van der Waals surface area contributed by atoms with E-state index in [4.69, 9.17) is 0 Å². The van der Waals surface area contributed by atoms with E-state index < -0.39 is 0 Å². The minimum atomic E-state index is -0.0448. The van der Waals surface area contributed by atoms with Gasteiger partial charge in [0.05, 0.1) is 11.2 Å². The molecule has 1 heterocycles. The number of aromatic nitrogens is 3. The smallest absolute Gasteiger partial charge is 0.0901 e. The Morgan fingerprint density at radius 3 is 2.28 bits per heavy atom. The van der Waals surface area contributed by atoms with E-state index in [9.17, 15) is 0 Å². The molecule has 18 heavy (non-hydrogen) atoms. The lowest BCUT2D eigenvalue weighted by atomic mass is 9.72. The molecule has 0 unspecified atom stereocenters. The third-order valence-corrected chi connectivity index (χ3v) is 6.00. The average Bonchev–Trinajstić information content (AvgIpc) is 2.92. The predicted octanol–water partition coefficient (Wildman–Crippen LogP) is 2.06. The highest BCUT2D eigenvalue weighted by molar-refractivity contribution is 5.33. The first-order valence-electron chi connectivity index (χ1n) is 6.81. The van der Waals surface area contributed by atoms with Crippen LogP contribution in [0.25, 0.3) is 0 Å². The van der Waals surface area contributed by atoms with Crippen molar-refractivity contribution in [1.29, 1.82) is 0 Å². The van der Waals surface area contributed by atoms with Gasteiger partial charge in [-0.15, -0.1) is 5.10 Å². The molecule has 0 saturated heterocycles. The molecule has 2 aliphatic carbocycles. The molecule has 0 aliphatic heterocycles. The van der Waals surface area contributed by atoms with Crippen LogP contribution >= 0.6 is 0 Å². The van der Waals surface area contributed by atoms with E-state index in [0.717, 1.165) is 5.69 Å². The second-order valence-electron chi connectivity index (χ2n) is 7.49. The van der Waals surface area contributed by atoms with Gasteiger partial charge in [0.25, 0.3) is 0 Å². The molecule has 2 aliphatic rings. The van der Waals surface area contributed by atoms with Crippen molar-refractivity contribution in [3.8, 4) is 0 Å². The van der Waals surface area contributed by atoms with Gasteiger partial charge in [-0.3, -0.25) is 0 Å². The van der Waals surface area contributed by atoms with Crippen molar-refractivity contribution in [1.82, 2.24) is 20.3 Å². The normalized spacial score (nSPS) is 34.3. The van der Waals surface area contributed by atoms with E-state index in [0.29, 0.717) is 11.0 Å². The second-order valence-corrected chi connectivity index (χ2v) is 7.49. The largest absolute Gasteiger partial charge is 0.314 e. The van der Waals surface area contributed by atoms with Crippen molar-refractivity contribution < 1.29 is 0 Å². The van der Waals surface area contributed by atoms with Crippen molar-refractivity contribution in [3.63, 3.8) is 0 Å². The lowest BCUT2D eigenvalue weighted by Crippen LogP contribution is -2.52. The fourth-order valence-corrected chi connectivity index (χ4v) is 2.98. The highest BCUT2D eigenvalue weighted by Crippen LogP contribution is 2.83. The van der Waals surface area contributed by atoms with Gasteiger partial charge in [-0.25, -0.2) is 4.68 Å². The first-order valence-corrected chi connectivity index (χ1v) is 6.81. The molecule has 1 aromatic rings. The Labute approximate surface area is 109 Å². The summed E-state index contributed by atoms with van der Waals surface area (Å²) in [7, 11) is 2.00. The lowest BCUT2D eigenvalue weighted by Gasteiger charge is -2.40. The third kappa shape index (κ3) is 1.25. The Balaban J connectivity index is 1.90. The fourth-order valence-electron chi connectivity index (χ4n) is 2.98. The van der Waals surface area contributed by atoms with Crippen LogP contribution in [0, 0.1) is 5.41 Å². The molecule has 4 heteroatoms. The first-order chi connectivity index (χ1) is 8.19. The number of likely N-dealkylation sites (N-methyl/N-ethyl adjacent to an activating group) is 1. The Bertz CT molecular complexity index is 492. The first kappa shape index (κ1) is 12.2. The number of nitrogens with zero attached hydrogens (tertiary/aromatic N) is 3. The quantitative estimate of drug-likeness (QED) is 0.887. The maximum Gasteiger partial charge on any atom is 0.0901 e. The van der Waals surface area contributed by atoms with Gasteiger partial charge >= 0.3 is 0 Å².